The first-order valence-corrected chi connectivity index (χ1v) is 12.6. The van der Waals surface area contributed by atoms with Crippen molar-refractivity contribution in [3.05, 3.63) is 52.1 Å². The van der Waals surface area contributed by atoms with Gasteiger partial charge in [-0.1, -0.05) is 20.8 Å². The van der Waals surface area contributed by atoms with Gasteiger partial charge in [-0.15, -0.1) is 0 Å². The third-order valence-corrected chi connectivity index (χ3v) is 6.51. The minimum absolute atomic E-state index is 0.0377. The lowest BCUT2D eigenvalue weighted by Crippen LogP contribution is -2.31. The van der Waals surface area contributed by atoms with Crippen LogP contribution in [-0.2, 0) is 12.0 Å². The van der Waals surface area contributed by atoms with Gasteiger partial charge in [-0.25, -0.2) is 0 Å². The first kappa shape index (κ1) is 27.5. The summed E-state index contributed by atoms with van der Waals surface area (Å²) in [5.41, 5.74) is 4.37. The Morgan fingerprint density at radius 3 is 2.42 bits per heavy atom. The number of carbonyl (C=O) groups excluding carboxylic acids is 2. The van der Waals surface area contributed by atoms with E-state index in [9.17, 15) is 9.59 Å². The maximum Gasteiger partial charge on any atom is 0.254 e. The molecule has 0 unspecified atom stereocenters. The highest BCUT2D eigenvalue weighted by Gasteiger charge is 2.31. The Hall–Kier alpha value is -3.07. The van der Waals surface area contributed by atoms with Gasteiger partial charge in [0.05, 0.1) is 47.7 Å². The fourth-order valence-corrected chi connectivity index (χ4v) is 4.79. The molecular formula is C27H35BrN4O4. The van der Waals surface area contributed by atoms with E-state index < -0.39 is 0 Å². The molecule has 0 saturated carbocycles. The van der Waals surface area contributed by atoms with Crippen LogP contribution in [0.1, 0.15) is 65.1 Å². The second kappa shape index (κ2) is 10.9. The summed E-state index contributed by atoms with van der Waals surface area (Å²) in [6, 6.07) is 7.45. The third-order valence-electron chi connectivity index (χ3n) is 6.18. The van der Waals surface area contributed by atoms with Gasteiger partial charge in [0.1, 0.15) is 17.3 Å². The number of nitrogens with zero attached hydrogens (tertiary/aromatic N) is 3. The van der Waals surface area contributed by atoms with Crippen molar-refractivity contribution >= 4 is 39.4 Å². The molecule has 8 nitrogen and oxygen atoms in total. The molecule has 0 aliphatic carbocycles. The van der Waals surface area contributed by atoms with Gasteiger partial charge in [0.2, 0.25) is 0 Å². The van der Waals surface area contributed by atoms with E-state index in [4.69, 9.17) is 9.47 Å². The maximum atomic E-state index is 13.6. The molecule has 2 aromatic rings. The molecule has 1 aliphatic rings. The molecule has 0 bridgehead atoms. The van der Waals surface area contributed by atoms with Crippen LogP contribution in [0.2, 0.25) is 0 Å². The number of halogens is 1. The van der Waals surface area contributed by atoms with Gasteiger partial charge >= 0.3 is 0 Å². The quantitative estimate of drug-likeness (QED) is 0.478. The zero-order valence-electron chi connectivity index (χ0n) is 22.3. The van der Waals surface area contributed by atoms with E-state index >= 15 is 0 Å². The van der Waals surface area contributed by atoms with Crippen molar-refractivity contribution in [2.75, 3.05) is 46.3 Å². The minimum atomic E-state index is -0.242. The molecule has 3 rings (SSSR count). The van der Waals surface area contributed by atoms with Crippen LogP contribution >= 0.6 is 16.1 Å². The monoisotopic (exact) mass is 558 g/mol. The molecule has 0 atom stereocenters. The molecule has 0 saturated heterocycles. The normalized spacial score (nSPS) is 14.0. The second-order valence-electron chi connectivity index (χ2n) is 9.93. The molecular weight excluding hydrogens is 524 g/mol. The SMILES string of the molecule is CCOc1cc2c(cc1C(=O)NC)C(=NBr)N(CC(=O)c1cc(N(C)C)c(OC)c(C(C)(C)C)c1)C2. The highest BCUT2D eigenvalue weighted by atomic mass is 79.9. The number of methoxy groups -OCH3 is 1. The largest absolute Gasteiger partial charge is 0.494 e. The van der Waals surface area contributed by atoms with Gasteiger partial charge < -0.3 is 24.6 Å². The number of ether oxygens (including phenoxy) is 2. The molecule has 1 amide bonds. The van der Waals surface area contributed by atoms with Crippen molar-refractivity contribution in [3.8, 4) is 11.5 Å². The molecule has 0 radical (unpaired) electrons. The molecule has 2 aromatic carbocycles. The van der Waals surface area contributed by atoms with E-state index in [0.717, 1.165) is 28.1 Å². The number of anilines is 1. The summed E-state index contributed by atoms with van der Waals surface area (Å²) in [6.07, 6.45) is 0. The molecule has 194 valence electrons. The van der Waals surface area contributed by atoms with Crippen molar-refractivity contribution in [2.24, 2.45) is 4.02 Å². The van der Waals surface area contributed by atoms with Crippen molar-refractivity contribution in [1.29, 1.82) is 0 Å². The van der Waals surface area contributed by atoms with Gasteiger partial charge in [0.25, 0.3) is 5.91 Å². The Labute approximate surface area is 222 Å². The zero-order valence-corrected chi connectivity index (χ0v) is 23.9. The highest BCUT2D eigenvalue weighted by Crippen LogP contribution is 2.40. The number of amides is 1. The van der Waals surface area contributed by atoms with Crippen LogP contribution in [0.15, 0.2) is 28.3 Å². The fraction of sp³-hybridized carbons (Fsp3) is 0.444. The first-order valence-electron chi connectivity index (χ1n) is 11.9. The lowest BCUT2D eigenvalue weighted by molar-refractivity contribution is 0.0953. The number of amidine groups is 1. The molecule has 9 heteroatoms. The van der Waals surface area contributed by atoms with Crippen LogP contribution in [-0.4, -0.2) is 63.8 Å². The van der Waals surface area contributed by atoms with Crippen LogP contribution in [0, 0.1) is 0 Å². The molecule has 0 aromatic heterocycles. The van der Waals surface area contributed by atoms with E-state index in [0.29, 0.717) is 35.9 Å². The van der Waals surface area contributed by atoms with E-state index in [1.807, 2.05) is 49.0 Å². The van der Waals surface area contributed by atoms with Gasteiger partial charge in [0, 0.05) is 44.4 Å². The topological polar surface area (TPSA) is 83.5 Å². The Morgan fingerprint density at radius 1 is 1.19 bits per heavy atom. The number of carbonyl (C=O) groups is 2. The van der Waals surface area contributed by atoms with E-state index in [1.165, 1.54) is 0 Å². The summed E-state index contributed by atoms with van der Waals surface area (Å²) in [5.74, 6) is 1.60. The van der Waals surface area contributed by atoms with Crippen molar-refractivity contribution in [1.82, 2.24) is 10.2 Å². The Morgan fingerprint density at radius 2 is 1.89 bits per heavy atom. The van der Waals surface area contributed by atoms with Crippen LogP contribution in [0.3, 0.4) is 0 Å². The summed E-state index contributed by atoms with van der Waals surface area (Å²) in [4.78, 5) is 29.9. The smallest absolute Gasteiger partial charge is 0.254 e. The van der Waals surface area contributed by atoms with E-state index in [2.05, 4.69) is 46.3 Å². The van der Waals surface area contributed by atoms with Crippen LogP contribution in [0.4, 0.5) is 5.69 Å². The highest BCUT2D eigenvalue weighted by molar-refractivity contribution is 9.08. The first-order chi connectivity index (χ1) is 17.0. The number of rotatable bonds is 8. The van der Waals surface area contributed by atoms with Crippen molar-refractivity contribution < 1.29 is 19.1 Å². The minimum Gasteiger partial charge on any atom is -0.494 e. The summed E-state index contributed by atoms with van der Waals surface area (Å²) in [5, 5.41) is 2.66. The Bertz CT molecular complexity index is 1200. The van der Waals surface area contributed by atoms with Gasteiger partial charge in [-0.05, 0) is 42.2 Å². The number of nitrogens with one attached hydrogen (secondary N) is 1. The maximum absolute atomic E-state index is 13.6. The van der Waals surface area contributed by atoms with Gasteiger partial charge in [-0.2, -0.15) is 4.02 Å². The summed E-state index contributed by atoms with van der Waals surface area (Å²) < 4.78 is 15.8. The van der Waals surface area contributed by atoms with Crippen molar-refractivity contribution in [2.45, 2.75) is 39.7 Å². The average Bonchev–Trinajstić information content (AvgIpc) is 3.17. The second-order valence-corrected chi connectivity index (χ2v) is 10.3. The van der Waals surface area contributed by atoms with Gasteiger partial charge in [-0.3, -0.25) is 9.59 Å². The lowest BCUT2D eigenvalue weighted by atomic mass is 9.84. The van der Waals surface area contributed by atoms with Crippen LogP contribution in [0.5, 0.6) is 11.5 Å². The van der Waals surface area contributed by atoms with Crippen LogP contribution in [0.25, 0.3) is 0 Å². The van der Waals surface area contributed by atoms with Gasteiger partial charge in [0.15, 0.2) is 5.78 Å². The molecule has 0 fully saturated rings. The lowest BCUT2D eigenvalue weighted by Gasteiger charge is -2.27. The third kappa shape index (κ3) is 5.36. The standard InChI is InChI=1S/C27H35BrN4O4/c1-9-36-23-12-17-14-32(25(30-28)18(17)13-19(23)26(34)29-5)15-22(33)16-10-20(27(2,3)4)24(35-8)21(11-16)31(6)7/h10-13H,9,14-15H2,1-8H3,(H,29,34). The number of ketones is 1. The summed E-state index contributed by atoms with van der Waals surface area (Å²) in [7, 11) is 7.11. The molecule has 1 aliphatic heterocycles. The van der Waals surface area contributed by atoms with E-state index in [-0.39, 0.29) is 23.7 Å². The van der Waals surface area contributed by atoms with E-state index in [1.54, 1.807) is 20.2 Å². The Kier molecular flexibility index (Phi) is 8.33. The summed E-state index contributed by atoms with van der Waals surface area (Å²) in [6.45, 7) is 9.22. The number of hydrogen-bond donors (Lipinski definition) is 1. The number of hydrogen-bond acceptors (Lipinski definition) is 6. The molecule has 1 heterocycles. The Balaban J connectivity index is 1.99. The molecule has 0 spiro atoms. The molecule has 36 heavy (non-hydrogen) atoms. The predicted molar refractivity (Wildman–Crippen MR) is 147 cm³/mol. The fourth-order valence-electron chi connectivity index (χ4n) is 4.37. The zero-order chi connectivity index (χ0) is 26.8. The molecule has 1 N–H and O–H groups in total. The average molecular weight is 560 g/mol. The number of benzene rings is 2. The summed E-state index contributed by atoms with van der Waals surface area (Å²) >= 11 is 3.23. The van der Waals surface area contributed by atoms with Crippen LogP contribution < -0.4 is 19.7 Å². The predicted octanol–water partition coefficient (Wildman–Crippen LogP) is 4.57. The number of Topliss-reactive ketones (excluding diaryl/α,β-unsaturated/α-hetero) is 1. The number of fused-ring (bicyclic) bond motifs is 1. The van der Waals surface area contributed by atoms with Crippen molar-refractivity contribution in [3.63, 3.8) is 0 Å².